The molecule has 0 saturated carbocycles. The van der Waals surface area contributed by atoms with E-state index in [9.17, 15) is 0 Å². The molecule has 0 aromatic carbocycles. The van der Waals surface area contributed by atoms with E-state index in [1.54, 1.807) is 11.3 Å². The van der Waals surface area contributed by atoms with Crippen LogP contribution in [0.1, 0.15) is 25.3 Å². The number of hydrogen-bond donors (Lipinski definition) is 0. The third-order valence-electron chi connectivity index (χ3n) is 2.01. The van der Waals surface area contributed by atoms with Crippen molar-refractivity contribution in [2.75, 3.05) is 0 Å². The molecule has 2 aromatic heterocycles. The normalized spacial score (nSPS) is 11.2. The molecule has 2 aromatic rings. The minimum Gasteiger partial charge on any atom is -0.264 e. The molecular weight excluding hydrogens is 166 g/mol. The molecule has 0 atom stereocenters. The minimum atomic E-state index is 0.569. The third kappa shape index (κ3) is 1.12. The molecular formula is C10H11NS. The monoisotopic (exact) mass is 177 g/mol. The van der Waals surface area contributed by atoms with Crippen LogP contribution in [-0.4, -0.2) is 4.98 Å². The predicted molar refractivity (Wildman–Crippen MR) is 53.7 cm³/mol. The summed E-state index contributed by atoms with van der Waals surface area (Å²) in [7, 11) is 0. The second kappa shape index (κ2) is 2.87. The van der Waals surface area contributed by atoms with Crippen LogP contribution in [0.2, 0.25) is 0 Å². The Hall–Kier alpha value is -0.890. The topological polar surface area (TPSA) is 12.9 Å². The number of hydrogen-bond acceptors (Lipinski definition) is 2. The molecule has 0 saturated heterocycles. The fraction of sp³-hybridized carbons (Fsp3) is 0.300. The van der Waals surface area contributed by atoms with Crippen molar-refractivity contribution in [3.8, 4) is 0 Å². The Balaban J connectivity index is 2.73. The summed E-state index contributed by atoms with van der Waals surface area (Å²) in [6.07, 6.45) is 3.90. The van der Waals surface area contributed by atoms with Gasteiger partial charge in [0, 0.05) is 22.5 Å². The second-order valence-corrected chi connectivity index (χ2v) is 4.14. The van der Waals surface area contributed by atoms with Gasteiger partial charge in [0.1, 0.15) is 0 Å². The fourth-order valence-electron chi connectivity index (χ4n) is 1.32. The summed E-state index contributed by atoms with van der Waals surface area (Å²) >= 11 is 1.80. The van der Waals surface area contributed by atoms with Gasteiger partial charge in [0.05, 0.1) is 0 Å². The molecule has 0 amide bonds. The summed E-state index contributed by atoms with van der Waals surface area (Å²) in [5.41, 5.74) is 1.36. The van der Waals surface area contributed by atoms with Crippen molar-refractivity contribution in [3.63, 3.8) is 0 Å². The Morgan fingerprint density at radius 1 is 1.33 bits per heavy atom. The van der Waals surface area contributed by atoms with E-state index in [-0.39, 0.29) is 0 Å². The summed E-state index contributed by atoms with van der Waals surface area (Å²) in [6, 6.07) is 2.12. The van der Waals surface area contributed by atoms with Crippen LogP contribution in [0.4, 0.5) is 0 Å². The largest absolute Gasteiger partial charge is 0.264 e. The number of thiophene rings is 1. The summed E-state index contributed by atoms with van der Waals surface area (Å²) < 4.78 is 1.39. The van der Waals surface area contributed by atoms with Gasteiger partial charge in [0.15, 0.2) is 0 Å². The highest BCUT2D eigenvalue weighted by Crippen LogP contribution is 2.28. The van der Waals surface area contributed by atoms with Gasteiger partial charge in [0.25, 0.3) is 0 Å². The first-order chi connectivity index (χ1) is 5.79. The van der Waals surface area contributed by atoms with Crippen LogP contribution in [0.3, 0.4) is 0 Å². The maximum Gasteiger partial charge on any atom is 0.0408 e. The molecule has 0 aliphatic carbocycles. The van der Waals surface area contributed by atoms with Crippen LogP contribution < -0.4 is 0 Å². The van der Waals surface area contributed by atoms with Crippen LogP contribution in [0, 0.1) is 0 Å². The standard InChI is InChI=1S/C10H11NS/c1-7(2)9-6-11-5-8-3-4-12-10(8)9/h3-7H,1-2H3. The quantitative estimate of drug-likeness (QED) is 0.650. The molecule has 0 aliphatic heterocycles. The minimum absolute atomic E-state index is 0.569. The Labute approximate surface area is 76.1 Å². The first-order valence-electron chi connectivity index (χ1n) is 4.10. The van der Waals surface area contributed by atoms with Gasteiger partial charge in [-0.15, -0.1) is 11.3 Å². The molecule has 12 heavy (non-hydrogen) atoms. The molecule has 0 aliphatic rings. The molecule has 0 bridgehead atoms. The molecule has 2 rings (SSSR count). The molecule has 0 spiro atoms. The lowest BCUT2D eigenvalue weighted by atomic mass is 10.1. The van der Waals surface area contributed by atoms with Gasteiger partial charge < -0.3 is 0 Å². The maximum atomic E-state index is 4.21. The van der Waals surface area contributed by atoms with Gasteiger partial charge in [-0.05, 0) is 22.9 Å². The zero-order valence-corrected chi connectivity index (χ0v) is 8.06. The Morgan fingerprint density at radius 2 is 2.17 bits per heavy atom. The highest BCUT2D eigenvalue weighted by atomic mass is 32.1. The van der Waals surface area contributed by atoms with E-state index in [4.69, 9.17) is 0 Å². The smallest absolute Gasteiger partial charge is 0.0408 e. The predicted octanol–water partition coefficient (Wildman–Crippen LogP) is 3.42. The molecule has 0 N–H and O–H groups in total. The summed E-state index contributed by atoms with van der Waals surface area (Å²) in [4.78, 5) is 4.21. The number of rotatable bonds is 1. The Kier molecular flexibility index (Phi) is 1.85. The van der Waals surface area contributed by atoms with Crippen LogP contribution in [0.5, 0.6) is 0 Å². The molecule has 0 unspecified atom stereocenters. The fourth-order valence-corrected chi connectivity index (χ4v) is 2.36. The van der Waals surface area contributed by atoms with Gasteiger partial charge in [-0.25, -0.2) is 0 Å². The van der Waals surface area contributed by atoms with Gasteiger partial charge in [-0.3, -0.25) is 4.98 Å². The van der Waals surface area contributed by atoms with Crippen molar-refractivity contribution >= 4 is 21.4 Å². The first kappa shape index (κ1) is 7.74. The van der Waals surface area contributed by atoms with E-state index < -0.39 is 0 Å². The van der Waals surface area contributed by atoms with Crippen molar-refractivity contribution in [3.05, 3.63) is 29.4 Å². The molecule has 2 heteroatoms. The summed E-state index contributed by atoms with van der Waals surface area (Å²) in [6.45, 7) is 4.41. The summed E-state index contributed by atoms with van der Waals surface area (Å²) in [5.74, 6) is 0.569. The number of fused-ring (bicyclic) bond motifs is 1. The highest BCUT2D eigenvalue weighted by Gasteiger charge is 2.05. The molecule has 62 valence electrons. The van der Waals surface area contributed by atoms with Crippen molar-refractivity contribution in [1.29, 1.82) is 0 Å². The van der Waals surface area contributed by atoms with E-state index in [2.05, 4.69) is 30.3 Å². The number of aromatic nitrogens is 1. The van der Waals surface area contributed by atoms with E-state index >= 15 is 0 Å². The Bertz CT molecular complexity index is 389. The second-order valence-electron chi connectivity index (χ2n) is 3.22. The average molecular weight is 177 g/mol. The zero-order valence-electron chi connectivity index (χ0n) is 7.24. The number of nitrogens with zero attached hydrogens (tertiary/aromatic N) is 1. The van der Waals surface area contributed by atoms with Crippen molar-refractivity contribution in [2.24, 2.45) is 0 Å². The maximum absolute atomic E-state index is 4.21. The van der Waals surface area contributed by atoms with E-state index in [1.807, 2.05) is 12.4 Å². The van der Waals surface area contributed by atoms with Gasteiger partial charge >= 0.3 is 0 Å². The van der Waals surface area contributed by atoms with Gasteiger partial charge in [-0.2, -0.15) is 0 Å². The van der Waals surface area contributed by atoms with Crippen LogP contribution >= 0.6 is 11.3 Å². The lowest BCUT2D eigenvalue weighted by Crippen LogP contribution is -1.87. The van der Waals surface area contributed by atoms with Crippen molar-refractivity contribution < 1.29 is 0 Å². The Morgan fingerprint density at radius 3 is 2.92 bits per heavy atom. The number of pyridine rings is 1. The van der Waals surface area contributed by atoms with Crippen LogP contribution in [0.25, 0.3) is 10.1 Å². The van der Waals surface area contributed by atoms with Gasteiger partial charge in [-0.1, -0.05) is 13.8 Å². The average Bonchev–Trinajstić information content (AvgIpc) is 2.49. The van der Waals surface area contributed by atoms with Crippen LogP contribution in [-0.2, 0) is 0 Å². The van der Waals surface area contributed by atoms with E-state index in [0.717, 1.165) is 0 Å². The van der Waals surface area contributed by atoms with Crippen molar-refractivity contribution in [2.45, 2.75) is 19.8 Å². The van der Waals surface area contributed by atoms with E-state index in [1.165, 1.54) is 15.6 Å². The lowest BCUT2D eigenvalue weighted by Gasteiger charge is -2.04. The first-order valence-corrected chi connectivity index (χ1v) is 4.98. The van der Waals surface area contributed by atoms with E-state index in [0.29, 0.717) is 5.92 Å². The lowest BCUT2D eigenvalue weighted by molar-refractivity contribution is 0.871. The molecule has 0 fully saturated rings. The molecule has 2 heterocycles. The van der Waals surface area contributed by atoms with Gasteiger partial charge in [0.2, 0.25) is 0 Å². The SMILES string of the molecule is CC(C)c1cncc2ccsc12. The highest BCUT2D eigenvalue weighted by molar-refractivity contribution is 7.17. The zero-order chi connectivity index (χ0) is 8.55. The molecule has 1 nitrogen and oxygen atoms in total. The third-order valence-corrected chi connectivity index (χ3v) is 2.99. The molecule has 0 radical (unpaired) electrons. The summed E-state index contributed by atoms with van der Waals surface area (Å²) in [5, 5.41) is 3.39. The van der Waals surface area contributed by atoms with Crippen LogP contribution in [0.15, 0.2) is 23.8 Å². The van der Waals surface area contributed by atoms with Crippen molar-refractivity contribution in [1.82, 2.24) is 4.98 Å².